The van der Waals surface area contributed by atoms with E-state index in [1.54, 1.807) is 0 Å². The molecule has 0 aliphatic carbocycles. The Kier molecular flexibility index (Phi) is 14.1. The van der Waals surface area contributed by atoms with Crippen molar-refractivity contribution in [2.24, 2.45) is 11.3 Å². The number of nitrogens with zero attached hydrogens (tertiary/aromatic N) is 1. The lowest BCUT2D eigenvalue weighted by atomic mass is 9.79. The summed E-state index contributed by atoms with van der Waals surface area (Å²) in [5, 5.41) is 12.5. The highest BCUT2D eigenvalue weighted by atomic mass is 16.5. The summed E-state index contributed by atoms with van der Waals surface area (Å²) in [6, 6.07) is 22.2. The minimum absolute atomic E-state index is 0.0471. The minimum Gasteiger partial charge on any atom is -0.494 e. The van der Waals surface area contributed by atoms with Crippen molar-refractivity contribution in [3.8, 4) is 5.75 Å². The maximum absolute atomic E-state index is 12.6. The third-order valence-corrected chi connectivity index (χ3v) is 8.29. The summed E-state index contributed by atoms with van der Waals surface area (Å²) < 4.78 is 5.82. The average Bonchev–Trinajstić information content (AvgIpc) is 3.01. The Morgan fingerprint density at radius 2 is 1.61 bits per heavy atom. The lowest BCUT2D eigenvalue weighted by Crippen LogP contribution is -2.34. The van der Waals surface area contributed by atoms with Crippen LogP contribution >= 0.6 is 0 Å². The van der Waals surface area contributed by atoms with E-state index >= 15 is 0 Å². The van der Waals surface area contributed by atoms with Gasteiger partial charge in [-0.2, -0.15) is 0 Å². The first-order valence-electron chi connectivity index (χ1n) is 16.2. The summed E-state index contributed by atoms with van der Waals surface area (Å²) in [5.74, 6) is 0.403. The van der Waals surface area contributed by atoms with Crippen molar-refractivity contribution in [1.29, 1.82) is 0 Å². The molecular formula is C38H50N2O4. The molecule has 0 saturated carbocycles. The molecule has 236 valence electrons. The van der Waals surface area contributed by atoms with Crippen LogP contribution < -0.4 is 10.1 Å². The van der Waals surface area contributed by atoms with Gasteiger partial charge in [0.05, 0.1) is 17.7 Å². The molecule has 6 heteroatoms. The fourth-order valence-corrected chi connectivity index (χ4v) is 5.18. The molecule has 2 aromatic carbocycles. The standard InChI is InChI=1S/C38H50N2O4/c1-5-38(6-2,37(42)43)28-36(41)40-34-18-11-14-31(27-34)19-22-33-17-12-16-32(39-33)15-10-8-7-9-13-30-20-23-35(24-21-30)44-26-25-29(3)4/h11-12,14,16-24,27,29H,5-10,13,15,25-26,28H2,1-4H3,(H,40,41)(H,42,43)/b22-19+. The van der Waals surface area contributed by atoms with E-state index in [2.05, 4.69) is 49.5 Å². The largest absolute Gasteiger partial charge is 0.494 e. The van der Waals surface area contributed by atoms with Crippen LogP contribution in [-0.2, 0) is 22.4 Å². The smallest absolute Gasteiger partial charge is 0.310 e. The number of nitrogens with one attached hydrogen (secondary N) is 1. The maximum Gasteiger partial charge on any atom is 0.310 e. The predicted octanol–water partition coefficient (Wildman–Crippen LogP) is 9.24. The van der Waals surface area contributed by atoms with E-state index in [-0.39, 0.29) is 12.3 Å². The van der Waals surface area contributed by atoms with Crippen molar-refractivity contribution in [3.63, 3.8) is 0 Å². The highest BCUT2D eigenvalue weighted by Crippen LogP contribution is 2.31. The summed E-state index contributed by atoms with van der Waals surface area (Å²) >= 11 is 0. The number of amides is 1. The molecule has 1 heterocycles. The van der Waals surface area contributed by atoms with Crippen molar-refractivity contribution in [1.82, 2.24) is 4.98 Å². The summed E-state index contributed by atoms with van der Waals surface area (Å²) in [6.07, 6.45) is 12.5. The number of aryl methyl sites for hydroxylation is 2. The number of hydrogen-bond acceptors (Lipinski definition) is 4. The van der Waals surface area contributed by atoms with Gasteiger partial charge in [-0.05, 0) is 104 Å². The van der Waals surface area contributed by atoms with Crippen molar-refractivity contribution in [2.45, 2.75) is 91.9 Å². The van der Waals surface area contributed by atoms with Crippen LogP contribution in [0.25, 0.3) is 12.2 Å². The predicted molar refractivity (Wildman–Crippen MR) is 181 cm³/mol. The Bertz CT molecular complexity index is 1340. The first-order valence-corrected chi connectivity index (χ1v) is 16.2. The van der Waals surface area contributed by atoms with Crippen molar-refractivity contribution in [2.75, 3.05) is 11.9 Å². The van der Waals surface area contributed by atoms with Crippen LogP contribution in [0.15, 0.2) is 66.7 Å². The van der Waals surface area contributed by atoms with Crippen LogP contribution in [0.2, 0.25) is 0 Å². The summed E-state index contributed by atoms with van der Waals surface area (Å²) in [4.78, 5) is 29.2. The number of anilines is 1. The second-order valence-electron chi connectivity index (χ2n) is 12.1. The number of hydrogen-bond donors (Lipinski definition) is 2. The van der Waals surface area contributed by atoms with E-state index in [1.165, 1.54) is 24.8 Å². The lowest BCUT2D eigenvalue weighted by Gasteiger charge is -2.25. The van der Waals surface area contributed by atoms with Crippen molar-refractivity contribution in [3.05, 3.63) is 89.2 Å². The Hall–Kier alpha value is -3.93. The fraction of sp³-hybridized carbons (Fsp3) is 0.447. The number of carboxylic acid groups (broad SMARTS) is 1. The van der Waals surface area contributed by atoms with Crippen LogP contribution in [-0.4, -0.2) is 28.6 Å². The molecular weight excluding hydrogens is 548 g/mol. The molecule has 0 aliphatic heterocycles. The molecule has 0 atom stereocenters. The van der Waals surface area contributed by atoms with Gasteiger partial charge in [0.25, 0.3) is 0 Å². The number of carbonyl (C=O) groups is 2. The molecule has 44 heavy (non-hydrogen) atoms. The lowest BCUT2D eigenvalue weighted by molar-refractivity contribution is -0.151. The summed E-state index contributed by atoms with van der Waals surface area (Å²) in [5.41, 5.74) is 3.89. The number of aliphatic carboxylic acids is 1. The van der Waals surface area contributed by atoms with Crippen molar-refractivity contribution >= 4 is 29.7 Å². The number of unbranched alkanes of at least 4 members (excludes halogenated alkanes) is 3. The van der Waals surface area contributed by atoms with E-state index in [0.29, 0.717) is 24.4 Å². The number of carbonyl (C=O) groups excluding carboxylic acids is 1. The van der Waals surface area contributed by atoms with E-state index in [0.717, 1.165) is 55.0 Å². The third kappa shape index (κ3) is 11.6. The maximum atomic E-state index is 12.6. The molecule has 0 radical (unpaired) electrons. The average molecular weight is 599 g/mol. The normalized spacial score (nSPS) is 11.7. The highest BCUT2D eigenvalue weighted by Gasteiger charge is 2.37. The van der Waals surface area contributed by atoms with Gasteiger partial charge in [-0.3, -0.25) is 14.6 Å². The van der Waals surface area contributed by atoms with Gasteiger partial charge in [-0.1, -0.05) is 76.9 Å². The van der Waals surface area contributed by atoms with Gasteiger partial charge in [0, 0.05) is 17.8 Å². The molecule has 3 rings (SSSR count). The van der Waals surface area contributed by atoms with Crippen LogP contribution in [0.5, 0.6) is 5.75 Å². The van der Waals surface area contributed by atoms with E-state index in [9.17, 15) is 14.7 Å². The Balaban J connectivity index is 1.41. The fourth-order valence-electron chi connectivity index (χ4n) is 5.18. The number of ether oxygens (including phenoxy) is 1. The molecule has 0 unspecified atom stereocenters. The van der Waals surface area contributed by atoms with Gasteiger partial charge in [0.1, 0.15) is 5.75 Å². The van der Waals surface area contributed by atoms with Gasteiger partial charge in [0.2, 0.25) is 5.91 Å². The van der Waals surface area contributed by atoms with Crippen LogP contribution in [0.4, 0.5) is 5.69 Å². The van der Waals surface area contributed by atoms with Gasteiger partial charge in [-0.25, -0.2) is 0 Å². The zero-order valence-corrected chi connectivity index (χ0v) is 27.0. The number of benzene rings is 2. The van der Waals surface area contributed by atoms with Crippen LogP contribution in [0, 0.1) is 11.3 Å². The Morgan fingerprint density at radius 3 is 2.30 bits per heavy atom. The molecule has 1 aromatic heterocycles. The van der Waals surface area contributed by atoms with Gasteiger partial charge >= 0.3 is 5.97 Å². The zero-order valence-electron chi connectivity index (χ0n) is 27.0. The Morgan fingerprint density at radius 1 is 0.909 bits per heavy atom. The first-order chi connectivity index (χ1) is 21.2. The molecule has 0 bridgehead atoms. The van der Waals surface area contributed by atoms with Crippen LogP contribution in [0.3, 0.4) is 0 Å². The zero-order chi connectivity index (χ0) is 31.8. The van der Waals surface area contributed by atoms with Crippen molar-refractivity contribution < 1.29 is 19.4 Å². The number of carboxylic acids is 1. The molecule has 1 amide bonds. The highest BCUT2D eigenvalue weighted by molar-refractivity contribution is 5.94. The second-order valence-corrected chi connectivity index (χ2v) is 12.1. The van der Waals surface area contributed by atoms with Gasteiger partial charge in [-0.15, -0.1) is 0 Å². The SMILES string of the molecule is CCC(CC)(CC(=O)Nc1cccc(/C=C/c2cccc(CCCCCCc3ccc(OCCC(C)C)cc3)n2)c1)C(=O)O. The van der Waals surface area contributed by atoms with E-state index < -0.39 is 11.4 Å². The van der Waals surface area contributed by atoms with E-state index in [4.69, 9.17) is 9.72 Å². The van der Waals surface area contributed by atoms with E-state index in [1.807, 2.05) is 62.4 Å². The quantitative estimate of drug-likeness (QED) is 0.134. The number of pyridine rings is 1. The molecule has 0 aliphatic rings. The first kappa shape index (κ1) is 34.6. The molecule has 6 nitrogen and oxygen atoms in total. The summed E-state index contributed by atoms with van der Waals surface area (Å²) in [7, 11) is 0. The summed E-state index contributed by atoms with van der Waals surface area (Å²) in [6.45, 7) is 8.83. The molecule has 3 aromatic rings. The van der Waals surface area contributed by atoms with Crippen LogP contribution in [0.1, 0.15) is 102 Å². The molecule has 0 saturated heterocycles. The number of aromatic nitrogens is 1. The number of rotatable bonds is 19. The molecule has 2 N–H and O–H groups in total. The molecule has 0 spiro atoms. The topological polar surface area (TPSA) is 88.5 Å². The van der Waals surface area contributed by atoms with Gasteiger partial charge < -0.3 is 15.2 Å². The van der Waals surface area contributed by atoms with Gasteiger partial charge in [0.15, 0.2) is 0 Å². The second kappa shape index (κ2) is 18.0. The Labute approximate surface area is 264 Å². The third-order valence-electron chi connectivity index (χ3n) is 8.29. The molecule has 0 fully saturated rings. The monoisotopic (exact) mass is 598 g/mol. The minimum atomic E-state index is -1.03.